The fraction of sp³-hybridized carbons (Fsp3) is 0.385. The minimum atomic E-state index is -0.0919. The van der Waals surface area contributed by atoms with Crippen LogP contribution in [-0.2, 0) is 6.54 Å². The van der Waals surface area contributed by atoms with Gasteiger partial charge in [0.05, 0.1) is 6.20 Å². The Balaban J connectivity index is 1.99. The molecule has 0 saturated carbocycles. The van der Waals surface area contributed by atoms with Gasteiger partial charge in [0.1, 0.15) is 0 Å². The molecule has 2 N–H and O–H groups in total. The van der Waals surface area contributed by atoms with Gasteiger partial charge in [0.2, 0.25) is 5.95 Å². The Hall–Kier alpha value is -2.24. The molecule has 0 saturated heterocycles. The lowest BCUT2D eigenvalue weighted by atomic mass is 10.1. The lowest BCUT2D eigenvalue weighted by Crippen LogP contribution is -2.27. The van der Waals surface area contributed by atoms with Crippen molar-refractivity contribution < 1.29 is 0 Å². The van der Waals surface area contributed by atoms with Crippen LogP contribution >= 0.6 is 0 Å². The standard InChI is InChI=1S/C13H18N6/c1-13(2,3)18-12-17-11(9-16-19-12)15-8-10-4-6-14-7-5-10/h4-7,9H,8H2,1-3H3,(H2,15,17,18,19). The van der Waals surface area contributed by atoms with Crippen LogP contribution in [0.1, 0.15) is 26.3 Å². The molecule has 0 aliphatic heterocycles. The normalized spacial score (nSPS) is 11.1. The van der Waals surface area contributed by atoms with E-state index in [1.807, 2.05) is 32.9 Å². The molecule has 0 spiro atoms. The third-order valence-electron chi connectivity index (χ3n) is 2.27. The average Bonchev–Trinajstić information content (AvgIpc) is 2.36. The van der Waals surface area contributed by atoms with Crippen LogP contribution in [0.2, 0.25) is 0 Å². The molecular formula is C13H18N6. The molecule has 2 aromatic heterocycles. The van der Waals surface area contributed by atoms with E-state index in [2.05, 4.69) is 30.8 Å². The minimum absolute atomic E-state index is 0.0919. The maximum absolute atomic E-state index is 4.36. The number of rotatable bonds is 4. The Morgan fingerprint density at radius 2 is 1.89 bits per heavy atom. The van der Waals surface area contributed by atoms with Crippen molar-refractivity contribution >= 4 is 11.8 Å². The van der Waals surface area contributed by atoms with E-state index in [-0.39, 0.29) is 5.54 Å². The Labute approximate surface area is 112 Å². The van der Waals surface area contributed by atoms with Crippen LogP contribution in [0.15, 0.2) is 30.7 Å². The molecule has 0 aromatic carbocycles. The average molecular weight is 258 g/mol. The summed E-state index contributed by atoms with van der Waals surface area (Å²) in [5.74, 6) is 1.21. The second kappa shape index (κ2) is 5.60. The minimum Gasteiger partial charge on any atom is -0.365 e. The summed E-state index contributed by atoms with van der Waals surface area (Å²) in [7, 11) is 0. The van der Waals surface area contributed by atoms with Gasteiger partial charge in [-0.1, -0.05) is 0 Å². The lowest BCUT2D eigenvalue weighted by molar-refractivity contribution is 0.623. The van der Waals surface area contributed by atoms with E-state index >= 15 is 0 Å². The molecule has 0 aliphatic rings. The Bertz CT molecular complexity index is 520. The van der Waals surface area contributed by atoms with Crippen LogP contribution in [0.5, 0.6) is 0 Å². The fourth-order valence-corrected chi connectivity index (χ4v) is 1.47. The van der Waals surface area contributed by atoms with Gasteiger partial charge >= 0.3 is 0 Å². The zero-order valence-electron chi connectivity index (χ0n) is 11.4. The summed E-state index contributed by atoms with van der Waals surface area (Å²) in [6.07, 6.45) is 5.14. The summed E-state index contributed by atoms with van der Waals surface area (Å²) in [5.41, 5.74) is 1.05. The van der Waals surface area contributed by atoms with E-state index in [1.165, 1.54) is 0 Å². The first-order valence-corrected chi connectivity index (χ1v) is 6.14. The van der Waals surface area contributed by atoms with Crippen molar-refractivity contribution in [2.24, 2.45) is 0 Å². The molecule has 2 aromatic rings. The van der Waals surface area contributed by atoms with Crippen molar-refractivity contribution in [3.05, 3.63) is 36.3 Å². The highest BCUT2D eigenvalue weighted by atomic mass is 15.3. The number of pyridine rings is 1. The van der Waals surface area contributed by atoms with Crippen molar-refractivity contribution in [3.63, 3.8) is 0 Å². The number of hydrogen-bond donors (Lipinski definition) is 2. The lowest BCUT2D eigenvalue weighted by Gasteiger charge is -2.20. The van der Waals surface area contributed by atoms with Gasteiger partial charge in [-0.3, -0.25) is 4.98 Å². The van der Waals surface area contributed by atoms with Gasteiger partial charge in [0, 0.05) is 24.5 Å². The van der Waals surface area contributed by atoms with Crippen molar-refractivity contribution in [2.45, 2.75) is 32.9 Å². The summed E-state index contributed by atoms with van der Waals surface area (Å²) in [5, 5.41) is 14.3. The third kappa shape index (κ3) is 4.50. The van der Waals surface area contributed by atoms with Crippen LogP contribution in [0, 0.1) is 0 Å². The van der Waals surface area contributed by atoms with Gasteiger partial charge in [0.15, 0.2) is 5.82 Å². The molecule has 0 atom stereocenters. The van der Waals surface area contributed by atoms with E-state index in [1.54, 1.807) is 18.6 Å². The zero-order valence-corrected chi connectivity index (χ0v) is 11.4. The van der Waals surface area contributed by atoms with Crippen LogP contribution < -0.4 is 10.6 Å². The number of nitrogens with one attached hydrogen (secondary N) is 2. The first kappa shape index (κ1) is 13.2. The molecule has 6 heteroatoms. The third-order valence-corrected chi connectivity index (χ3v) is 2.27. The summed E-state index contributed by atoms with van der Waals surface area (Å²) < 4.78 is 0. The van der Waals surface area contributed by atoms with Gasteiger partial charge in [-0.05, 0) is 38.5 Å². The van der Waals surface area contributed by atoms with E-state index < -0.39 is 0 Å². The number of aromatic nitrogens is 4. The molecule has 0 aliphatic carbocycles. The predicted octanol–water partition coefficient (Wildman–Crippen LogP) is 2.09. The molecule has 2 rings (SSSR count). The molecule has 0 radical (unpaired) electrons. The van der Waals surface area contributed by atoms with Crippen molar-refractivity contribution in [2.75, 3.05) is 10.6 Å². The maximum atomic E-state index is 4.36. The van der Waals surface area contributed by atoms with Crippen LogP contribution in [0.25, 0.3) is 0 Å². The van der Waals surface area contributed by atoms with E-state index in [9.17, 15) is 0 Å². The Morgan fingerprint density at radius 3 is 2.58 bits per heavy atom. The smallest absolute Gasteiger partial charge is 0.245 e. The summed E-state index contributed by atoms with van der Waals surface area (Å²) in [6, 6.07) is 3.91. The van der Waals surface area contributed by atoms with E-state index in [0.717, 1.165) is 5.56 Å². The second-order valence-electron chi connectivity index (χ2n) is 5.25. The molecule has 100 valence electrons. The quantitative estimate of drug-likeness (QED) is 0.874. The topological polar surface area (TPSA) is 75.6 Å². The first-order chi connectivity index (χ1) is 9.03. The number of nitrogens with zero attached hydrogens (tertiary/aromatic N) is 4. The first-order valence-electron chi connectivity index (χ1n) is 6.14. The Morgan fingerprint density at radius 1 is 1.16 bits per heavy atom. The SMILES string of the molecule is CC(C)(C)Nc1nncc(NCc2ccncc2)n1. The summed E-state index contributed by atoms with van der Waals surface area (Å²) >= 11 is 0. The monoisotopic (exact) mass is 258 g/mol. The highest BCUT2D eigenvalue weighted by molar-refractivity contribution is 5.38. The van der Waals surface area contributed by atoms with Crippen LogP contribution in [0.3, 0.4) is 0 Å². The zero-order chi connectivity index (χ0) is 13.7. The molecular weight excluding hydrogens is 240 g/mol. The number of anilines is 2. The molecule has 0 unspecified atom stereocenters. The van der Waals surface area contributed by atoms with Gasteiger partial charge in [0.25, 0.3) is 0 Å². The van der Waals surface area contributed by atoms with E-state index in [4.69, 9.17) is 0 Å². The largest absolute Gasteiger partial charge is 0.365 e. The van der Waals surface area contributed by atoms with Crippen LogP contribution in [-0.4, -0.2) is 25.7 Å². The number of hydrogen-bond acceptors (Lipinski definition) is 6. The summed E-state index contributed by atoms with van der Waals surface area (Å²) in [4.78, 5) is 8.34. The molecule has 19 heavy (non-hydrogen) atoms. The molecule has 2 heterocycles. The fourth-order valence-electron chi connectivity index (χ4n) is 1.47. The van der Waals surface area contributed by atoms with Gasteiger partial charge in [-0.25, -0.2) is 0 Å². The molecule has 0 bridgehead atoms. The van der Waals surface area contributed by atoms with Crippen LogP contribution in [0.4, 0.5) is 11.8 Å². The molecule has 0 amide bonds. The van der Waals surface area contributed by atoms with Gasteiger partial charge in [-0.15, -0.1) is 5.10 Å². The predicted molar refractivity (Wildman–Crippen MR) is 74.8 cm³/mol. The van der Waals surface area contributed by atoms with E-state index in [0.29, 0.717) is 18.3 Å². The highest BCUT2D eigenvalue weighted by Gasteiger charge is 2.11. The molecule has 0 fully saturated rings. The van der Waals surface area contributed by atoms with Crippen molar-refractivity contribution in [1.82, 2.24) is 20.2 Å². The Kier molecular flexibility index (Phi) is 3.89. The summed E-state index contributed by atoms with van der Waals surface area (Å²) in [6.45, 7) is 6.82. The van der Waals surface area contributed by atoms with Gasteiger partial charge in [-0.2, -0.15) is 10.1 Å². The maximum Gasteiger partial charge on any atom is 0.245 e. The van der Waals surface area contributed by atoms with Gasteiger partial charge < -0.3 is 10.6 Å². The van der Waals surface area contributed by atoms with Crippen molar-refractivity contribution in [3.8, 4) is 0 Å². The van der Waals surface area contributed by atoms with Crippen molar-refractivity contribution in [1.29, 1.82) is 0 Å². The molecule has 6 nitrogen and oxygen atoms in total. The second-order valence-corrected chi connectivity index (χ2v) is 5.25. The highest BCUT2D eigenvalue weighted by Crippen LogP contribution is 2.11.